The molecule has 2 atom stereocenters. The van der Waals surface area contributed by atoms with Crippen LogP contribution in [0, 0.1) is 0 Å². The van der Waals surface area contributed by atoms with Crippen LogP contribution in [0.1, 0.15) is 131 Å². The first-order chi connectivity index (χ1) is 20.4. The molecule has 0 aliphatic carbocycles. The molecule has 0 spiro atoms. The summed E-state index contributed by atoms with van der Waals surface area (Å²) in [4.78, 5) is 44.2. The molecule has 2 rings (SSSR count). The van der Waals surface area contributed by atoms with Gasteiger partial charge in [-0.2, -0.15) is 4.67 Å². The normalized spacial score (nSPS) is 15.0. The van der Waals surface area contributed by atoms with Crippen molar-refractivity contribution >= 4 is 17.2 Å². The molecule has 0 heterocycles. The van der Waals surface area contributed by atoms with Gasteiger partial charge in [-0.1, -0.05) is 127 Å². The number of aliphatic hydroxyl groups is 1. The minimum atomic E-state index is -3.01. The molecule has 2 unspecified atom stereocenters. The topological polar surface area (TPSA) is 138 Å². The highest BCUT2D eigenvalue weighted by Crippen LogP contribution is 2.46. The van der Waals surface area contributed by atoms with Gasteiger partial charge in [0.05, 0.1) is 13.2 Å². The Kier molecular flexibility index (Phi) is 15.1. The molecule has 5 N–H and O–H groups in total. The molecule has 0 aliphatic heterocycles. The summed E-state index contributed by atoms with van der Waals surface area (Å²) in [7, 11) is -5.87. The lowest BCUT2D eigenvalue weighted by atomic mass is 9.75. The summed E-state index contributed by atoms with van der Waals surface area (Å²) >= 11 is 0. The first kappa shape index (κ1) is 41.8. The number of hydrogen-bond donors (Lipinski definition) is 5. The van der Waals surface area contributed by atoms with E-state index in [4.69, 9.17) is 18.8 Å². The van der Waals surface area contributed by atoms with E-state index in [-0.39, 0.29) is 16.2 Å². The maximum Gasteiger partial charge on any atom is 0.357 e. The SMILES string of the molecule is CC.CC(C)(C)c1ccc(OC(c2ccc(C(C)(C)C)cc2C(C)(C)C)C(CO)(COP(O)O)OOP(O)O)c(C(C)(C)C)c1. The zero-order valence-corrected chi connectivity index (χ0v) is 31.5. The highest BCUT2D eigenvalue weighted by atomic mass is 31.2. The molecule has 2 aromatic rings. The molecule has 11 heteroatoms. The summed E-state index contributed by atoms with van der Waals surface area (Å²) in [6.45, 7) is 27.8. The Labute approximate surface area is 273 Å². The molecular formula is C34H58O9P2. The third-order valence-corrected chi connectivity index (χ3v) is 7.92. The summed E-state index contributed by atoms with van der Waals surface area (Å²) in [6.07, 6.45) is -1.17. The highest BCUT2D eigenvalue weighted by Gasteiger charge is 2.48. The zero-order valence-electron chi connectivity index (χ0n) is 29.7. The summed E-state index contributed by atoms with van der Waals surface area (Å²) in [5, 5.41) is 10.9. The molecule has 9 nitrogen and oxygen atoms in total. The Hall–Kier alpha value is -1.22. The fraction of sp³-hybridized carbons (Fsp3) is 0.647. The number of rotatable bonds is 11. The predicted octanol–water partition coefficient (Wildman–Crippen LogP) is 8.14. The predicted molar refractivity (Wildman–Crippen MR) is 183 cm³/mol. The van der Waals surface area contributed by atoms with Crippen molar-refractivity contribution in [3.8, 4) is 5.75 Å². The Bertz CT molecular complexity index is 1190. The van der Waals surface area contributed by atoms with Gasteiger partial charge in [0, 0.05) is 0 Å². The molecule has 0 aliphatic rings. The summed E-state index contributed by atoms with van der Waals surface area (Å²) in [5.41, 5.74) is 1.60. The van der Waals surface area contributed by atoms with Crippen LogP contribution >= 0.6 is 17.2 Å². The van der Waals surface area contributed by atoms with Crippen molar-refractivity contribution < 1.29 is 43.5 Å². The molecule has 0 aromatic heterocycles. The molecule has 258 valence electrons. The largest absolute Gasteiger partial charge is 0.482 e. The molecule has 0 saturated carbocycles. The minimum Gasteiger partial charge on any atom is -0.482 e. The van der Waals surface area contributed by atoms with Gasteiger partial charge in [-0.15, -0.1) is 0 Å². The first-order valence-electron chi connectivity index (χ1n) is 15.3. The van der Waals surface area contributed by atoms with E-state index < -0.39 is 47.5 Å². The lowest BCUT2D eigenvalue weighted by molar-refractivity contribution is -0.334. The number of ether oxygens (including phenoxy) is 1. The third kappa shape index (κ3) is 11.8. The van der Waals surface area contributed by atoms with E-state index in [1.807, 2.05) is 38.1 Å². The second-order valence-electron chi connectivity index (χ2n) is 15.2. The summed E-state index contributed by atoms with van der Waals surface area (Å²) < 4.78 is 16.9. The Morgan fingerprint density at radius 1 is 0.644 bits per heavy atom. The summed E-state index contributed by atoms with van der Waals surface area (Å²) in [5.74, 6) is 0.511. The molecular weight excluding hydrogens is 614 g/mol. The van der Waals surface area contributed by atoms with E-state index in [0.29, 0.717) is 11.3 Å². The molecule has 45 heavy (non-hydrogen) atoms. The monoisotopic (exact) mass is 672 g/mol. The second-order valence-corrected chi connectivity index (χ2v) is 16.6. The van der Waals surface area contributed by atoms with Crippen LogP contribution in [0.25, 0.3) is 0 Å². The van der Waals surface area contributed by atoms with Crippen molar-refractivity contribution in [2.75, 3.05) is 13.2 Å². The van der Waals surface area contributed by atoms with Crippen molar-refractivity contribution in [1.29, 1.82) is 0 Å². The van der Waals surface area contributed by atoms with Crippen LogP contribution in [0.2, 0.25) is 0 Å². The van der Waals surface area contributed by atoms with E-state index in [2.05, 4.69) is 95.2 Å². The maximum atomic E-state index is 10.9. The standard InChI is InChI=1S/C32H52O9P2.C2H6/c1-28(2,3)21-13-15-23(24(17-21)30(7,8)9)27(32(19-33,20-38-42(34)35)40-41-43(36)37)39-26-16-14-22(29(4,5)6)18-25(26)31(10,11)12;1-2/h13-18,27,33-37H,19-20H2,1-12H3;1-2H3. The third-order valence-electron chi connectivity index (χ3n) is 7.35. The maximum absolute atomic E-state index is 10.9. The highest BCUT2D eigenvalue weighted by molar-refractivity contribution is 7.39. The van der Waals surface area contributed by atoms with Gasteiger partial charge in [-0.25, -0.2) is 4.89 Å². The van der Waals surface area contributed by atoms with Crippen LogP contribution in [0.15, 0.2) is 36.4 Å². The smallest absolute Gasteiger partial charge is 0.357 e. The van der Waals surface area contributed by atoms with Crippen LogP contribution in [-0.4, -0.2) is 43.5 Å². The zero-order chi connectivity index (χ0) is 35.2. The fourth-order valence-electron chi connectivity index (χ4n) is 4.74. The van der Waals surface area contributed by atoms with E-state index in [1.165, 1.54) is 0 Å². The lowest BCUT2D eigenvalue weighted by Crippen LogP contribution is -2.50. The Balaban J connectivity index is 0.00000496. The second kappa shape index (κ2) is 16.3. The van der Waals surface area contributed by atoms with Crippen molar-refractivity contribution in [2.24, 2.45) is 0 Å². The molecule has 0 fully saturated rings. The van der Waals surface area contributed by atoms with Crippen molar-refractivity contribution in [2.45, 2.75) is 130 Å². The number of hydrogen-bond acceptors (Lipinski definition) is 9. The fourth-order valence-corrected chi connectivity index (χ4v) is 5.29. The molecule has 0 saturated heterocycles. The van der Waals surface area contributed by atoms with E-state index in [9.17, 15) is 24.7 Å². The van der Waals surface area contributed by atoms with E-state index in [1.54, 1.807) is 0 Å². The van der Waals surface area contributed by atoms with Gasteiger partial charge in [-0.05, 0) is 55.5 Å². The van der Waals surface area contributed by atoms with Crippen LogP contribution in [0.5, 0.6) is 5.75 Å². The summed E-state index contributed by atoms with van der Waals surface area (Å²) in [6, 6.07) is 12.0. The van der Waals surface area contributed by atoms with Crippen LogP contribution in [-0.2, 0) is 35.7 Å². The van der Waals surface area contributed by atoms with Gasteiger partial charge in [0.1, 0.15) is 5.75 Å². The van der Waals surface area contributed by atoms with E-state index >= 15 is 0 Å². The minimum absolute atomic E-state index is 0.126. The van der Waals surface area contributed by atoms with Crippen molar-refractivity contribution in [3.05, 3.63) is 64.2 Å². The average molecular weight is 673 g/mol. The Morgan fingerprint density at radius 2 is 1.11 bits per heavy atom. The molecule has 2 aromatic carbocycles. The molecule has 0 radical (unpaired) electrons. The van der Waals surface area contributed by atoms with Crippen molar-refractivity contribution in [3.63, 3.8) is 0 Å². The van der Waals surface area contributed by atoms with Gasteiger partial charge in [-0.3, -0.25) is 0 Å². The van der Waals surface area contributed by atoms with Crippen molar-refractivity contribution in [1.82, 2.24) is 0 Å². The average Bonchev–Trinajstić information content (AvgIpc) is 2.91. The van der Waals surface area contributed by atoms with Gasteiger partial charge < -0.3 is 33.9 Å². The van der Waals surface area contributed by atoms with Crippen LogP contribution in [0.4, 0.5) is 0 Å². The lowest BCUT2D eigenvalue weighted by Gasteiger charge is -2.40. The van der Waals surface area contributed by atoms with Crippen LogP contribution < -0.4 is 4.74 Å². The van der Waals surface area contributed by atoms with E-state index in [0.717, 1.165) is 22.3 Å². The van der Waals surface area contributed by atoms with Gasteiger partial charge in [0.2, 0.25) is 0 Å². The number of benzene rings is 2. The van der Waals surface area contributed by atoms with Gasteiger partial charge in [0.25, 0.3) is 0 Å². The molecule has 0 amide bonds. The first-order valence-corrected chi connectivity index (χ1v) is 17.7. The quantitative estimate of drug-likeness (QED) is 0.0910. The Morgan fingerprint density at radius 3 is 1.51 bits per heavy atom. The number of aliphatic hydroxyl groups excluding tert-OH is 1. The van der Waals surface area contributed by atoms with Gasteiger partial charge in [0.15, 0.2) is 11.7 Å². The molecule has 0 bridgehead atoms. The van der Waals surface area contributed by atoms with Crippen LogP contribution in [0.3, 0.4) is 0 Å². The van der Waals surface area contributed by atoms with Gasteiger partial charge >= 0.3 is 17.2 Å².